The van der Waals surface area contributed by atoms with Crippen LogP contribution in [-0.2, 0) is 0 Å². The summed E-state index contributed by atoms with van der Waals surface area (Å²) < 4.78 is 14.1. The van der Waals surface area contributed by atoms with E-state index >= 15 is 0 Å². The van der Waals surface area contributed by atoms with Crippen molar-refractivity contribution >= 4 is 15.9 Å². The zero-order chi connectivity index (χ0) is 10.7. The van der Waals surface area contributed by atoms with Crippen LogP contribution in [0.4, 0.5) is 4.39 Å². The normalized spacial score (nSPS) is 15.2. The average molecular weight is 262 g/mol. The molecule has 4 heteroatoms. The number of hydrogen-bond donors (Lipinski definition) is 2. The average Bonchev–Trinajstić information content (AvgIpc) is 2.19. The molecule has 2 nitrogen and oxygen atoms in total. The van der Waals surface area contributed by atoms with Crippen molar-refractivity contribution in [3.63, 3.8) is 0 Å². The van der Waals surface area contributed by atoms with Gasteiger partial charge in [0.15, 0.2) is 0 Å². The van der Waals surface area contributed by atoms with Crippen LogP contribution >= 0.6 is 15.9 Å². The van der Waals surface area contributed by atoms with Crippen molar-refractivity contribution in [3.8, 4) is 0 Å². The minimum atomic E-state index is -0.709. The van der Waals surface area contributed by atoms with Crippen LogP contribution in [0.3, 0.4) is 0 Å². The van der Waals surface area contributed by atoms with Crippen LogP contribution in [0, 0.1) is 5.82 Å². The molecule has 0 aliphatic carbocycles. The Labute approximate surface area is 91.1 Å². The number of hydrogen-bond acceptors (Lipinski definition) is 2. The lowest BCUT2D eigenvalue weighted by Crippen LogP contribution is -2.26. The van der Waals surface area contributed by atoms with Crippen molar-refractivity contribution < 1.29 is 9.50 Å². The van der Waals surface area contributed by atoms with Crippen molar-refractivity contribution in [1.29, 1.82) is 0 Å². The molecular formula is C10H13BrFNO. The number of aliphatic hydroxyl groups is 1. The third-order valence-corrected chi connectivity index (χ3v) is 2.64. The van der Waals surface area contributed by atoms with Crippen molar-refractivity contribution in [2.24, 2.45) is 5.73 Å². The van der Waals surface area contributed by atoms with E-state index in [1.807, 2.05) is 0 Å². The Kier molecular flexibility index (Phi) is 4.04. The highest BCUT2D eigenvalue weighted by molar-refractivity contribution is 9.10. The second-order valence-corrected chi connectivity index (χ2v) is 4.08. The fourth-order valence-electron chi connectivity index (χ4n) is 1.23. The highest BCUT2D eigenvalue weighted by Crippen LogP contribution is 2.23. The van der Waals surface area contributed by atoms with Gasteiger partial charge in [0.1, 0.15) is 5.82 Å². The topological polar surface area (TPSA) is 46.2 Å². The first kappa shape index (κ1) is 11.6. The van der Waals surface area contributed by atoms with Gasteiger partial charge in [0, 0.05) is 10.0 Å². The number of rotatable bonds is 3. The van der Waals surface area contributed by atoms with E-state index in [1.54, 1.807) is 19.1 Å². The van der Waals surface area contributed by atoms with Crippen LogP contribution in [0.25, 0.3) is 0 Å². The molecule has 0 spiro atoms. The van der Waals surface area contributed by atoms with Gasteiger partial charge in [-0.3, -0.25) is 0 Å². The summed E-state index contributed by atoms with van der Waals surface area (Å²) in [6, 6.07) is 3.86. The molecule has 0 bridgehead atoms. The molecular weight excluding hydrogens is 249 g/mol. The zero-order valence-electron chi connectivity index (χ0n) is 7.87. The molecule has 0 saturated heterocycles. The van der Waals surface area contributed by atoms with Gasteiger partial charge in [-0.15, -0.1) is 0 Å². The van der Waals surface area contributed by atoms with E-state index in [4.69, 9.17) is 5.73 Å². The molecule has 0 radical (unpaired) electrons. The van der Waals surface area contributed by atoms with Gasteiger partial charge in [0.25, 0.3) is 0 Å². The summed E-state index contributed by atoms with van der Waals surface area (Å²) in [5.41, 5.74) is 6.05. The predicted octanol–water partition coefficient (Wildman–Crippen LogP) is 2.36. The van der Waals surface area contributed by atoms with Gasteiger partial charge in [-0.2, -0.15) is 0 Å². The van der Waals surface area contributed by atoms with E-state index in [0.29, 0.717) is 12.0 Å². The first-order valence-corrected chi connectivity index (χ1v) is 5.24. The quantitative estimate of drug-likeness (QED) is 0.878. The highest BCUT2D eigenvalue weighted by Gasteiger charge is 2.18. The van der Waals surface area contributed by atoms with Crippen LogP contribution in [0.2, 0.25) is 0 Å². The third-order valence-electron chi connectivity index (χ3n) is 2.15. The number of nitrogens with two attached hydrogens (primary N) is 1. The largest absolute Gasteiger partial charge is 0.391 e. The Bertz CT molecular complexity index is 319. The summed E-state index contributed by atoms with van der Waals surface area (Å²) in [7, 11) is 0. The van der Waals surface area contributed by atoms with Gasteiger partial charge >= 0.3 is 0 Å². The van der Waals surface area contributed by atoms with Crippen molar-refractivity contribution in [2.75, 3.05) is 0 Å². The Hall–Kier alpha value is -0.450. The second-order valence-electron chi connectivity index (χ2n) is 3.17. The lowest BCUT2D eigenvalue weighted by atomic mass is 10.0. The Morgan fingerprint density at radius 2 is 2.21 bits per heavy atom. The maximum Gasteiger partial charge on any atom is 0.128 e. The standard InChI is InChI=1S/C10H13BrFNO/c1-2-9(14)10(13)7-5-6(11)3-4-8(7)12/h3-5,9-10,14H,2,13H2,1H3/t9-,10+/m0/s1. The maximum atomic E-state index is 13.3. The molecule has 0 amide bonds. The molecule has 3 N–H and O–H groups in total. The molecule has 0 heterocycles. The van der Waals surface area contributed by atoms with Crippen LogP contribution in [0.1, 0.15) is 24.9 Å². The molecule has 78 valence electrons. The molecule has 1 rings (SSSR count). The third kappa shape index (κ3) is 2.53. The lowest BCUT2D eigenvalue weighted by Gasteiger charge is -2.18. The number of aliphatic hydroxyl groups excluding tert-OH is 1. The molecule has 0 aromatic heterocycles. The minimum Gasteiger partial charge on any atom is -0.391 e. The molecule has 0 unspecified atom stereocenters. The second kappa shape index (κ2) is 4.87. The number of benzene rings is 1. The van der Waals surface area contributed by atoms with Gasteiger partial charge in [0.05, 0.1) is 12.1 Å². The molecule has 0 fully saturated rings. The number of halogens is 2. The highest BCUT2D eigenvalue weighted by atomic mass is 79.9. The summed E-state index contributed by atoms with van der Waals surface area (Å²) in [4.78, 5) is 0. The Balaban J connectivity index is 2.99. The van der Waals surface area contributed by atoms with E-state index in [-0.39, 0.29) is 5.82 Å². The molecule has 14 heavy (non-hydrogen) atoms. The van der Waals surface area contributed by atoms with E-state index in [0.717, 1.165) is 4.47 Å². The molecule has 0 aliphatic rings. The van der Waals surface area contributed by atoms with E-state index in [1.165, 1.54) is 6.07 Å². The Morgan fingerprint density at radius 1 is 1.57 bits per heavy atom. The molecule has 1 aromatic carbocycles. The summed E-state index contributed by atoms with van der Waals surface area (Å²) in [6.45, 7) is 1.81. The van der Waals surface area contributed by atoms with E-state index in [9.17, 15) is 9.50 Å². The maximum absolute atomic E-state index is 13.3. The van der Waals surface area contributed by atoms with Gasteiger partial charge in [-0.1, -0.05) is 22.9 Å². The monoisotopic (exact) mass is 261 g/mol. The van der Waals surface area contributed by atoms with Gasteiger partial charge in [0.2, 0.25) is 0 Å². The first-order valence-electron chi connectivity index (χ1n) is 4.44. The Morgan fingerprint density at radius 3 is 2.79 bits per heavy atom. The fourth-order valence-corrected chi connectivity index (χ4v) is 1.61. The summed E-state index contributed by atoms with van der Waals surface area (Å²) in [5, 5.41) is 9.49. The van der Waals surface area contributed by atoms with Gasteiger partial charge < -0.3 is 10.8 Å². The van der Waals surface area contributed by atoms with E-state index in [2.05, 4.69) is 15.9 Å². The van der Waals surface area contributed by atoms with E-state index < -0.39 is 12.1 Å². The van der Waals surface area contributed by atoms with Crippen LogP contribution < -0.4 is 5.73 Å². The van der Waals surface area contributed by atoms with Crippen LogP contribution in [0.15, 0.2) is 22.7 Å². The zero-order valence-corrected chi connectivity index (χ0v) is 9.46. The first-order chi connectivity index (χ1) is 6.56. The summed E-state index contributed by atoms with van der Waals surface area (Å²) in [6.07, 6.45) is -0.202. The minimum absolute atomic E-state index is 0.341. The van der Waals surface area contributed by atoms with Crippen LogP contribution in [-0.4, -0.2) is 11.2 Å². The summed E-state index contributed by atoms with van der Waals surface area (Å²) in [5.74, 6) is -0.381. The van der Waals surface area contributed by atoms with Crippen LogP contribution in [0.5, 0.6) is 0 Å². The summed E-state index contributed by atoms with van der Waals surface area (Å²) >= 11 is 3.23. The SMILES string of the molecule is CC[C@H](O)[C@H](N)c1cc(Br)ccc1F. The van der Waals surface area contributed by atoms with Crippen molar-refractivity contribution in [2.45, 2.75) is 25.5 Å². The lowest BCUT2D eigenvalue weighted by molar-refractivity contribution is 0.139. The predicted molar refractivity (Wildman–Crippen MR) is 57.3 cm³/mol. The molecule has 0 saturated carbocycles. The smallest absolute Gasteiger partial charge is 0.128 e. The van der Waals surface area contributed by atoms with Gasteiger partial charge in [-0.25, -0.2) is 4.39 Å². The van der Waals surface area contributed by atoms with Crippen molar-refractivity contribution in [1.82, 2.24) is 0 Å². The van der Waals surface area contributed by atoms with Crippen molar-refractivity contribution in [3.05, 3.63) is 34.1 Å². The molecule has 1 aromatic rings. The molecule has 0 aliphatic heterocycles. The van der Waals surface area contributed by atoms with Gasteiger partial charge in [-0.05, 0) is 24.6 Å². The molecule has 2 atom stereocenters. The fraction of sp³-hybridized carbons (Fsp3) is 0.400.